The molecule has 112 valence electrons. The fraction of sp³-hybridized carbons (Fsp3) is 0.667. The summed E-state index contributed by atoms with van der Waals surface area (Å²) >= 11 is 0. The molecule has 1 aliphatic rings. The molecule has 1 aromatic carbocycles. The van der Waals surface area contributed by atoms with Crippen LogP contribution in [0.2, 0.25) is 0 Å². The van der Waals surface area contributed by atoms with Gasteiger partial charge in [-0.3, -0.25) is 0 Å². The first-order valence-electron chi connectivity index (χ1n) is 7.92. The molecule has 0 amide bonds. The van der Waals surface area contributed by atoms with Gasteiger partial charge in [0.1, 0.15) is 0 Å². The number of hydrogen-bond donors (Lipinski definition) is 2. The summed E-state index contributed by atoms with van der Waals surface area (Å²) in [6.07, 6.45) is 4.16. The molecule has 0 aromatic heterocycles. The summed E-state index contributed by atoms with van der Waals surface area (Å²) in [5.41, 5.74) is 3.48. The Kier molecular flexibility index (Phi) is 4.87. The number of aliphatic hydroxyl groups is 1. The van der Waals surface area contributed by atoms with E-state index in [-0.39, 0.29) is 6.04 Å². The Hall–Kier alpha value is -0.860. The van der Waals surface area contributed by atoms with Gasteiger partial charge < -0.3 is 10.4 Å². The van der Waals surface area contributed by atoms with Crippen molar-refractivity contribution in [3.05, 3.63) is 34.9 Å². The van der Waals surface area contributed by atoms with Crippen LogP contribution in [-0.2, 0) is 0 Å². The summed E-state index contributed by atoms with van der Waals surface area (Å²) in [7, 11) is 0. The molecule has 2 N–H and O–H groups in total. The highest BCUT2D eigenvalue weighted by molar-refractivity contribution is 5.31. The molecule has 0 spiro atoms. The summed E-state index contributed by atoms with van der Waals surface area (Å²) in [6.45, 7) is 9.46. The Balaban J connectivity index is 1.91. The molecule has 1 aromatic rings. The minimum absolute atomic E-state index is 0.290. The highest BCUT2D eigenvalue weighted by Crippen LogP contribution is 2.31. The molecular formula is C18H29NO. The molecule has 1 fully saturated rings. The summed E-state index contributed by atoms with van der Waals surface area (Å²) in [6, 6.07) is 6.91. The van der Waals surface area contributed by atoms with Crippen LogP contribution in [0.4, 0.5) is 0 Å². The Morgan fingerprint density at radius 2 is 1.90 bits per heavy atom. The lowest BCUT2D eigenvalue weighted by Gasteiger charge is -2.36. The number of benzene rings is 1. The van der Waals surface area contributed by atoms with Crippen molar-refractivity contribution in [2.45, 2.75) is 65.0 Å². The average Bonchev–Trinajstić information content (AvgIpc) is 2.43. The lowest BCUT2D eigenvalue weighted by atomic mass is 9.79. The molecule has 0 saturated heterocycles. The fourth-order valence-corrected chi connectivity index (χ4v) is 2.97. The van der Waals surface area contributed by atoms with Crippen molar-refractivity contribution in [2.24, 2.45) is 5.92 Å². The largest absolute Gasteiger partial charge is 0.389 e. The second-order valence-corrected chi connectivity index (χ2v) is 6.85. The third kappa shape index (κ3) is 3.83. The molecule has 1 aliphatic carbocycles. The van der Waals surface area contributed by atoms with E-state index in [2.05, 4.69) is 51.2 Å². The van der Waals surface area contributed by atoms with Gasteiger partial charge in [0.05, 0.1) is 5.60 Å². The molecule has 0 radical (unpaired) electrons. The zero-order valence-corrected chi connectivity index (χ0v) is 13.4. The number of hydrogen-bond acceptors (Lipinski definition) is 2. The van der Waals surface area contributed by atoms with Crippen molar-refractivity contribution in [2.75, 3.05) is 6.54 Å². The minimum Gasteiger partial charge on any atom is -0.389 e. The molecule has 0 heterocycles. The van der Waals surface area contributed by atoms with Crippen molar-refractivity contribution in [1.82, 2.24) is 5.32 Å². The van der Waals surface area contributed by atoms with Crippen LogP contribution in [0.5, 0.6) is 0 Å². The van der Waals surface area contributed by atoms with E-state index < -0.39 is 5.60 Å². The first kappa shape index (κ1) is 15.5. The van der Waals surface area contributed by atoms with Crippen molar-refractivity contribution in [3.8, 4) is 0 Å². The predicted octanol–water partition coefficient (Wildman–Crippen LogP) is 3.90. The number of aryl methyl sites for hydroxylation is 2. The van der Waals surface area contributed by atoms with Gasteiger partial charge in [0.25, 0.3) is 0 Å². The first-order valence-corrected chi connectivity index (χ1v) is 7.92. The second kappa shape index (κ2) is 6.28. The molecule has 0 aliphatic heterocycles. The molecule has 0 bridgehead atoms. The molecule has 2 nitrogen and oxygen atoms in total. The van der Waals surface area contributed by atoms with E-state index in [0.717, 1.165) is 31.6 Å². The maximum absolute atomic E-state index is 10.6. The fourth-order valence-electron chi connectivity index (χ4n) is 2.97. The monoisotopic (exact) mass is 275 g/mol. The van der Waals surface area contributed by atoms with Crippen LogP contribution in [-0.4, -0.2) is 17.3 Å². The first-order chi connectivity index (χ1) is 9.39. The van der Waals surface area contributed by atoms with Crippen LogP contribution in [0.15, 0.2) is 18.2 Å². The van der Waals surface area contributed by atoms with Gasteiger partial charge in [-0.25, -0.2) is 0 Å². The molecule has 2 heteroatoms. The van der Waals surface area contributed by atoms with E-state index in [4.69, 9.17) is 0 Å². The van der Waals surface area contributed by atoms with Crippen molar-refractivity contribution >= 4 is 0 Å². The number of rotatable bonds is 4. The van der Waals surface area contributed by atoms with Crippen LogP contribution in [0.25, 0.3) is 0 Å². The summed E-state index contributed by atoms with van der Waals surface area (Å²) in [5.74, 6) is 0.771. The van der Waals surface area contributed by atoms with Crippen LogP contribution in [0.1, 0.15) is 62.3 Å². The smallest absolute Gasteiger partial charge is 0.0772 e. The Morgan fingerprint density at radius 1 is 1.25 bits per heavy atom. The normalized spacial score (nSPS) is 28.4. The SMILES string of the molecule is Cc1ccc(C(C)NCC2(O)CCC(C)CC2)cc1C. The lowest BCUT2D eigenvalue weighted by Crippen LogP contribution is -2.44. The lowest BCUT2D eigenvalue weighted by molar-refractivity contribution is -0.00783. The topological polar surface area (TPSA) is 32.3 Å². The van der Waals surface area contributed by atoms with E-state index in [1.807, 2.05) is 0 Å². The standard InChI is InChI=1S/C18H29NO/c1-13-7-9-18(20,10-8-13)12-19-16(4)17-6-5-14(2)15(3)11-17/h5-6,11,13,16,19-20H,7-10,12H2,1-4H3. The Bertz CT molecular complexity index is 447. The van der Waals surface area contributed by atoms with Crippen LogP contribution < -0.4 is 5.32 Å². The zero-order valence-electron chi connectivity index (χ0n) is 13.4. The van der Waals surface area contributed by atoms with E-state index in [1.54, 1.807) is 0 Å². The van der Waals surface area contributed by atoms with Gasteiger partial charge in [-0.1, -0.05) is 25.1 Å². The molecule has 20 heavy (non-hydrogen) atoms. The maximum atomic E-state index is 10.6. The molecule has 2 rings (SSSR count). The van der Waals surface area contributed by atoms with E-state index in [1.165, 1.54) is 16.7 Å². The van der Waals surface area contributed by atoms with Gasteiger partial charge in [-0.15, -0.1) is 0 Å². The van der Waals surface area contributed by atoms with Crippen LogP contribution in [0.3, 0.4) is 0 Å². The second-order valence-electron chi connectivity index (χ2n) is 6.85. The summed E-state index contributed by atoms with van der Waals surface area (Å²) < 4.78 is 0. The molecular weight excluding hydrogens is 246 g/mol. The summed E-state index contributed by atoms with van der Waals surface area (Å²) in [4.78, 5) is 0. The minimum atomic E-state index is -0.499. The highest BCUT2D eigenvalue weighted by atomic mass is 16.3. The molecule has 1 unspecified atom stereocenters. The van der Waals surface area contributed by atoms with E-state index >= 15 is 0 Å². The quantitative estimate of drug-likeness (QED) is 0.873. The van der Waals surface area contributed by atoms with Gasteiger partial charge in [0.15, 0.2) is 0 Å². The van der Waals surface area contributed by atoms with Gasteiger partial charge in [-0.05, 0) is 69.1 Å². The van der Waals surface area contributed by atoms with Crippen LogP contribution in [0, 0.1) is 19.8 Å². The third-order valence-corrected chi connectivity index (χ3v) is 4.97. The van der Waals surface area contributed by atoms with E-state index in [9.17, 15) is 5.11 Å². The average molecular weight is 275 g/mol. The Morgan fingerprint density at radius 3 is 2.50 bits per heavy atom. The summed E-state index contributed by atoms with van der Waals surface area (Å²) in [5, 5.41) is 14.1. The highest BCUT2D eigenvalue weighted by Gasteiger charge is 2.31. The zero-order chi connectivity index (χ0) is 14.8. The van der Waals surface area contributed by atoms with Crippen molar-refractivity contribution in [3.63, 3.8) is 0 Å². The molecule has 1 atom stereocenters. The van der Waals surface area contributed by atoms with Gasteiger partial charge in [0, 0.05) is 12.6 Å². The van der Waals surface area contributed by atoms with Crippen molar-refractivity contribution < 1.29 is 5.11 Å². The Labute approximate surface area is 123 Å². The molecule has 1 saturated carbocycles. The maximum Gasteiger partial charge on any atom is 0.0772 e. The predicted molar refractivity (Wildman–Crippen MR) is 84.9 cm³/mol. The van der Waals surface area contributed by atoms with E-state index in [0.29, 0.717) is 6.54 Å². The van der Waals surface area contributed by atoms with Gasteiger partial charge in [0.2, 0.25) is 0 Å². The number of nitrogens with one attached hydrogen (secondary N) is 1. The van der Waals surface area contributed by atoms with Gasteiger partial charge in [-0.2, -0.15) is 0 Å². The van der Waals surface area contributed by atoms with Crippen LogP contribution >= 0.6 is 0 Å². The van der Waals surface area contributed by atoms with Gasteiger partial charge >= 0.3 is 0 Å². The third-order valence-electron chi connectivity index (χ3n) is 4.97. The van der Waals surface area contributed by atoms with Crippen molar-refractivity contribution in [1.29, 1.82) is 0 Å².